The highest BCUT2D eigenvalue weighted by atomic mass is 79.9. The summed E-state index contributed by atoms with van der Waals surface area (Å²) in [7, 11) is 0. The van der Waals surface area contributed by atoms with Gasteiger partial charge in [-0.25, -0.2) is 4.39 Å². The molecule has 1 N–H and O–H groups in total. The zero-order valence-corrected chi connectivity index (χ0v) is 12.5. The van der Waals surface area contributed by atoms with Crippen LogP contribution < -0.4 is 0 Å². The van der Waals surface area contributed by atoms with Gasteiger partial charge in [0.05, 0.1) is 4.47 Å². The number of benzene rings is 2. The van der Waals surface area contributed by atoms with E-state index < -0.39 is 6.10 Å². The predicted octanol–water partition coefficient (Wildman–Crippen LogP) is 4.79. The van der Waals surface area contributed by atoms with Gasteiger partial charge in [0, 0.05) is 0 Å². The van der Waals surface area contributed by atoms with Gasteiger partial charge in [-0.3, -0.25) is 0 Å². The van der Waals surface area contributed by atoms with Crippen LogP contribution in [-0.2, 0) is 0 Å². The van der Waals surface area contributed by atoms with E-state index in [0.29, 0.717) is 16.0 Å². The molecule has 0 heterocycles. The van der Waals surface area contributed by atoms with Gasteiger partial charge in [-0.2, -0.15) is 0 Å². The number of hydrogen-bond donors (Lipinski definition) is 1. The topological polar surface area (TPSA) is 20.2 Å². The Kier molecular flexibility index (Phi) is 4.38. The first-order valence-electron chi connectivity index (χ1n) is 6.22. The number of halogens is 2. The van der Waals surface area contributed by atoms with E-state index in [1.165, 1.54) is 11.6 Å². The highest BCUT2D eigenvalue weighted by Crippen LogP contribution is 2.27. The molecule has 2 aromatic carbocycles. The van der Waals surface area contributed by atoms with Crippen LogP contribution in [0, 0.1) is 5.82 Å². The van der Waals surface area contributed by atoms with Crippen molar-refractivity contribution in [3.05, 3.63) is 69.4 Å². The number of rotatable bonds is 3. The van der Waals surface area contributed by atoms with Crippen molar-refractivity contribution in [3.63, 3.8) is 0 Å². The predicted molar refractivity (Wildman–Crippen MR) is 78.7 cm³/mol. The summed E-state index contributed by atoms with van der Waals surface area (Å²) in [5.74, 6) is 0.136. The van der Waals surface area contributed by atoms with Crippen LogP contribution in [-0.4, -0.2) is 5.11 Å². The van der Waals surface area contributed by atoms with E-state index in [0.717, 1.165) is 5.56 Å². The van der Waals surface area contributed by atoms with Crippen molar-refractivity contribution in [3.8, 4) is 0 Å². The molecule has 0 saturated carbocycles. The SMILES string of the molecule is CC(C)c1ccc(C(O)c2ccc(F)c(Br)c2)cc1. The molecule has 0 aromatic heterocycles. The first-order chi connectivity index (χ1) is 8.99. The van der Waals surface area contributed by atoms with Crippen molar-refractivity contribution >= 4 is 15.9 Å². The average molecular weight is 323 g/mol. The van der Waals surface area contributed by atoms with Gasteiger partial charge in [-0.05, 0) is 50.7 Å². The quantitative estimate of drug-likeness (QED) is 0.861. The lowest BCUT2D eigenvalue weighted by Gasteiger charge is -2.13. The minimum absolute atomic E-state index is 0.328. The molecule has 0 amide bonds. The standard InChI is InChI=1S/C16H16BrFO/c1-10(2)11-3-5-12(6-4-11)16(19)13-7-8-15(18)14(17)9-13/h3-10,16,19H,1-2H3. The van der Waals surface area contributed by atoms with Crippen LogP contribution in [0.5, 0.6) is 0 Å². The lowest BCUT2D eigenvalue weighted by atomic mass is 9.97. The normalized spacial score (nSPS) is 12.7. The Morgan fingerprint density at radius 2 is 1.47 bits per heavy atom. The van der Waals surface area contributed by atoms with E-state index >= 15 is 0 Å². The zero-order chi connectivity index (χ0) is 14.0. The summed E-state index contributed by atoms with van der Waals surface area (Å²) in [4.78, 5) is 0. The van der Waals surface area contributed by atoms with Gasteiger partial charge in [0.2, 0.25) is 0 Å². The molecule has 0 radical (unpaired) electrons. The van der Waals surface area contributed by atoms with Crippen molar-refractivity contribution in [2.24, 2.45) is 0 Å². The summed E-state index contributed by atoms with van der Waals surface area (Å²) in [6.45, 7) is 4.25. The molecule has 3 heteroatoms. The van der Waals surface area contributed by atoms with Crippen LogP contribution in [0.15, 0.2) is 46.9 Å². The second-order valence-corrected chi connectivity index (χ2v) is 5.75. The van der Waals surface area contributed by atoms with Gasteiger partial charge in [0.25, 0.3) is 0 Å². The monoisotopic (exact) mass is 322 g/mol. The molecular formula is C16H16BrFO. The first kappa shape index (κ1) is 14.2. The fourth-order valence-corrected chi connectivity index (χ4v) is 2.33. The van der Waals surface area contributed by atoms with E-state index in [9.17, 15) is 9.50 Å². The smallest absolute Gasteiger partial charge is 0.137 e. The zero-order valence-electron chi connectivity index (χ0n) is 10.9. The highest BCUT2D eigenvalue weighted by molar-refractivity contribution is 9.10. The third kappa shape index (κ3) is 3.23. The molecule has 19 heavy (non-hydrogen) atoms. The molecule has 100 valence electrons. The first-order valence-corrected chi connectivity index (χ1v) is 7.01. The number of hydrogen-bond acceptors (Lipinski definition) is 1. The molecule has 0 aliphatic heterocycles. The van der Waals surface area contributed by atoms with Crippen LogP contribution >= 0.6 is 15.9 Å². The fraction of sp³-hybridized carbons (Fsp3) is 0.250. The van der Waals surface area contributed by atoms with E-state index in [4.69, 9.17) is 0 Å². The molecule has 2 rings (SSSR count). The highest BCUT2D eigenvalue weighted by Gasteiger charge is 2.12. The molecule has 0 aliphatic rings. The van der Waals surface area contributed by atoms with E-state index in [1.54, 1.807) is 12.1 Å². The summed E-state index contributed by atoms with van der Waals surface area (Å²) < 4.78 is 13.5. The maximum Gasteiger partial charge on any atom is 0.137 e. The molecule has 0 fully saturated rings. The molecule has 0 saturated heterocycles. The minimum Gasteiger partial charge on any atom is -0.384 e. The molecule has 2 aromatic rings. The van der Waals surface area contributed by atoms with Gasteiger partial charge in [-0.15, -0.1) is 0 Å². The molecule has 1 unspecified atom stereocenters. The summed E-state index contributed by atoms with van der Waals surface area (Å²) in [6.07, 6.45) is -0.738. The van der Waals surface area contributed by atoms with Gasteiger partial charge < -0.3 is 5.11 Å². The van der Waals surface area contributed by atoms with Crippen molar-refractivity contribution in [2.75, 3.05) is 0 Å². The molecule has 1 atom stereocenters. The summed E-state index contributed by atoms with van der Waals surface area (Å²) in [5.41, 5.74) is 2.71. The van der Waals surface area contributed by atoms with Crippen LogP contribution in [0.2, 0.25) is 0 Å². The summed E-state index contributed by atoms with van der Waals surface area (Å²) in [6, 6.07) is 12.4. The van der Waals surface area contributed by atoms with Gasteiger partial charge >= 0.3 is 0 Å². The van der Waals surface area contributed by atoms with Crippen LogP contribution in [0.3, 0.4) is 0 Å². The number of aliphatic hydroxyl groups is 1. The summed E-state index contributed by atoms with van der Waals surface area (Å²) in [5, 5.41) is 10.3. The van der Waals surface area contributed by atoms with Gasteiger partial charge in [0.15, 0.2) is 0 Å². The second-order valence-electron chi connectivity index (χ2n) is 4.90. The van der Waals surface area contributed by atoms with Crippen LogP contribution in [0.1, 0.15) is 42.6 Å². The molecule has 0 bridgehead atoms. The van der Waals surface area contributed by atoms with Crippen molar-refractivity contribution < 1.29 is 9.50 Å². The van der Waals surface area contributed by atoms with Gasteiger partial charge in [0.1, 0.15) is 11.9 Å². The average Bonchev–Trinajstić information content (AvgIpc) is 2.41. The fourth-order valence-electron chi connectivity index (χ4n) is 1.94. The Hall–Kier alpha value is -1.19. The van der Waals surface area contributed by atoms with Crippen LogP contribution in [0.4, 0.5) is 4.39 Å². The Morgan fingerprint density at radius 3 is 2.00 bits per heavy atom. The van der Waals surface area contributed by atoms with Crippen molar-refractivity contribution in [1.29, 1.82) is 0 Å². The third-order valence-corrected chi connectivity index (χ3v) is 3.79. The lowest BCUT2D eigenvalue weighted by Crippen LogP contribution is -2.00. The molecule has 0 spiro atoms. The molecule has 0 aliphatic carbocycles. The van der Waals surface area contributed by atoms with Crippen molar-refractivity contribution in [1.82, 2.24) is 0 Å². The van der Waals surface area contributed by atoms with E-state index in [-0.39, 0.29) is 5.82 Å². The maximum atomic E-state index is 13.2. The van der Waals surface area contributed by atoms with Gasteiger partial charge in [-0.1, -0.05) is 44.2 Å². The van der Waals surface area contributed by atoms with Crippen molar-refractivity contribution in [2.45, 2.75) is 25.9 Å². The summed E-state index contributed by atoms with van der Waals surface area (Å²) >= 11 is 3.13. The van der Waals surface area contributed by atoms with E-state index in [1.807, 2.05) is 24.3 Å². The largest absolute Gasteiger partial charge is 0.384 e. The third-order valence-electron chi connectivity index (χ3n) is 3.18. The minimum atomic E-state index is -0.738. The molecular weight excluding hydrogens is 307 g/mol. The maximum absolute atomic E-state index is 13.2. The Balaban J connectivity index is 2.27. The second kappa shape index (κ2) is 5.85. The Labute approximate surface area is 121 Å². The Bertz CT molecular complexity index is 563. The lowest BCUT2D eigenvalue weighted by molar-refractivity contribution is 0.220. The van der Waals surface area contributed by atoms with E-state index in [2.05, 4.69) is 29.8 Å². The molecule has 1 nitrogen and oxygen atoms in total. The van der Waals surface area contributed by atoms with Crippen LogP contribution in [0.25, 0.3) is 0 Å². The Morgan fingerprint density at radius 1 is 0.947 bits per heavy atom. The number of aliphatic hydroxyl groups excluding tert-OH is 1.